The smallest absolute Gasteiger partial charge is 0.274 e. The van der Waals surface area contributed by atoms with Gasteiger partial charge in [0.15, 0.2) is 10.8 Å². The van der Waals surface area contributed by atoms with Crippen molar-refractivity contribution >= 4 is 23.9 Å². The van der Waals surface area contributed by atoms with Crippen LogP contribution in [0.25, 0.3) is 0 Å². The standard InChI is InChI=1S/C10H11ClN4O2/c11-9-2-1-8(12-13-9)10(17)15-5-3-14(7-16)4-6-15/h1-2,7H,3-6H2. The highest BCUT2D eigenvalue weighted by Crippen LogP contribution is 2.07. The van der Waals surface area contributed by atoms with Crippen LogP contribution in [-0.4, -0.2) is 58.5 Å². The van der Waals surface area contributed by atoms with Gasteiger partial charge in [-0.05, 0) is 12.1 Å². The molecule has 0 N–H and O–H groups in total. The van der Waals surface area contributed by atoms with Crippen LogP contribution in [0.5, 0.6) is 0 Å². The Morgan fingerprint density at radius 1 is 1.24 bits per heavy atom. The molecule has 2 rings (SSSR count). The third-order valence-electron chi connectivity index (χ3n) is 2.60. The van der Waals surface area contributed by atoms with Gasteiger partial charge in [0, 0.05) is 26.2 Å². The molecule has 90 valence electrons. The average Bonchev–Trinajstić information content (AvgIpc) is 2.39. The molecule has 1 aliphatic heterocycles. The van der Waals surface area contributed by atoms with Gasteiger partial charge in [0.1, 0.15) is 0 Å². The van der Waals surface area contributed by atoms with E-state index in [0.29, 0.717) is 26.2 Å². The molecule has 2 amide bonds. The number of amides is 2. The molecule has 1 fully saturated rings. The summed E-state index contributed by atoms with van der Waals surface area (Å²) in [5.74, 6) is -0.181. The number of carbonyl (C=O) groups excluding carboxylic acids is 2. The minimum atomic E-state index is -0.181. The van der Waals surface area contributed by atoms with Crippen molar-refractivity contribution in [1.82, 2.24) is 20.0 Å². The molecule has 1 aliphatic rings. The van der Waals surface area contributed by atoms with E-state index in [1.54, 1.807) is 15.9 Å². The molecule has 17 heavy (non-hydrogen) atoms. The zero-order valence-corrected chi connectivity index (χ0v) is 9.80. The van der Waals surface area contributed by atoms with Gasteiger partial charge < -0.3 is 9.80 Å². The van der Waals surface area contributed by atoms with Gasteiger partial charge in [-0.1, -0.05) is 11.6 Å². The number of rotatable bonds is 2. The number of hydrogen-bond donors (Lipinski definition) is 0. The van der Waals surface area contributed by atoms with Crippen molar-refractivity contribution in [1.29, 1.82) is 0 Å². The highest BCUT2D eigenvalue weighted by molar-refractivity contribution is 6.29. The Kier molecular flexibility index (Phi) is 3.53. The molecule has 2 heterocycles. The Hall–Kier alpha value is -1.69. The minimum Gasteiger partial charge on any atom is -0.342 e. The molecular weight excluding hydrogens is 244 g/mol. The minimum absolute atomic E-state index is 0.181. The monoisotopic (exact) mass is 254 g/mol. The summed E-state index contributed by atoms with van der Waals surface area (Å²) in [6, 6.07) is 3.08. The van der Waals surface area contributed by atoms with E-state index in [0.717, 1.165) is 6.41 Å². The normalized spacial score (nSPS) is 15.8. The number of carbonyl (C=O) groups is 2. The lowest BCUT2D eigenvalue weighted by Crippen LogP contribution is -2.48. The topological polar surface area (TPSA) is 66.4 Å². The van der Waals surface area contributed by atoms with Crippen LogP contribution < -0.4 is 0 Å². The van der Waals surface area contributed by atoms with E-state index in [9.17, 15) is 9.59 Å². The number of halogens is 1. The summed E-state index contributed by atoms with van der Waals surface area (Å²) in [4.78, 5) is 25.8. The first kappa shape index (κ1) is 11.8. The van der Waals surface area contributed by atoms with Crippen molar-refractivity contribution in [3.8, 4) is 0 Å². The van der Waals surface area contributed by atoms with Crippen LogP contribution in [0.15, 0.2) is 12.1 Å². The number of aromatic nitrogens is 2. The van der Waals surface area contributed by atoms with E-state index in [1.807, 2.05) is 0 Å². The van der Waals surface area contributed by atoms with Crippen LogP contribution >= 0.6 is 11.6 Å². The Morgan fingerprint density at radius 2 is 1.94 bits per heavy atom. The molecule has 0 aromatic carbocycles. The quantitative estimate of drug-likeness (QED) is 0.699. The summed E-state index contributed by atoms with van der Waals surface area (Å²) < 4.78 is 0. The van der Waals surface area contributed by atoms with Crippen LogP contribution in [-0.2, 0) is 4.79 Å². The molecule has 0 atom stereocenters. The van der Waals surface area contributed by atoms with Gasteiger partial charge in [-0.15, -0.1) is 10.2 Å². The maximum atomic E-state index is 12.0. The molecule has 0 saturated carbocycles. The second-order valence-electron chi connectivity index (χ2n) is 3.67. The van der Waals surface area contributed by atoms with Gasteiger partial charge in [0.2, 0.25) is 6.41 Å². The Labute approximate surface area is 103 Å². The summed E-state index contributed by atoms with van der Waals surface area (Å²) in [5.41, 5.74) is 0.272. The fourth-order valence-electron chi connectivity index (χ4n) is 1.62. The van der Waals surface area contributed by atoms with E-state index in [2.05, 4.69) is 10.2 Å². The molecule has 0 spiro atoms. The summed E-state index contributed by atoms with van der Waals surface area (Å²) in [5, 5.41) is 7.62. The molecule has 1 aromatic heterocycles. The summed E-state index contributed by atoms with van der Waals surface area (Å²) >= 11 is 5.60. The average molecular weight is 255 g/mol. The molecule has 1 saturated heterocycles. The van der Waals surface area contributed by atoms with Gasteiger partial charge in [0.25, 0.3) is 5.91 Å². The van der Waals surface area contributed by atoms with Crippen molar-refractivity contribution in [3.05, 3.63) is 23.0 Å². The first-order valence-corrected chi connectivity index (χ1v) is 5.56. The van der Waals surface area contributed by atoms with E-state index >= 15 is 0 Å². The number of nitrogens with zero attached hydrogens (tertiary/aromatic N) is 4. The van der Waals surface area contributed by atoms with Gasteiger partial charge >= 0.3 is 0 Å². The summed E-state index contributed by atoms with van der Waals surface area (Å²) in [7, 11) is 0. The van der Waals surface area contributed by atoms with E-state index in [1.165, 1.54) is 6.07 Å². The Bertz CT molecular complexity index is 415. The highest BCUT2D eigenvalue weighted by Gasteiger charge is 2.22. The van der Waals surface area contributed by atoms with E-state index < -0.39 is 0 Å². The maximum absolute atomic E-state index is 12.0. The predicted molar refractivity (Wildman–Crippen MR) is 60.6 cm³/mol. The van der Waals surface area contributed by atoms with E-state index in [-0.39, 0.29) is 16.8 Å². The third kappa shape index (κ3) is 2.71. The SMILES string of the molecule is O=CN1CCN(C(=O)c2ccc(Cl)nn2)CC1. The third-order valence-corrected chi connectivity index (χ3v) is 2.80. The molecule has 0 bridgehead atoms. The van der Waals surface area contributed by atoms with Crippen molar-refractivity contribution in [2.75, 3.05) is 26.2 Å². The predicted octanol–water partition coefficient (Wildman–Crippen LogP) is 0.0442. The van der Waals surface area contributed by atoms with Crippen LogP contribution in [0.3, 0.4) is 0 Å². The molecule has 0 unspecified atom stereocenters. The molecular formula is C10H11ClN4O2. The van der Waals surface area contributed by atoms with E-state index in [4.69, 9.17) is 11.6 Å². The molecule has 0 aliphatic carbocycles. The van der Waals surface area contributed by atoms with Gasteiger partial charge in [-0.2, -0.15) is 0 Å². The van der Waals surface area contributed by atoms with Crippen LogP contribution in [0.4, 0.5) is 0 Å². The molecule has 6 nitrogen and oxygen atoms in total. The van der Waals surface area contributed by atoms with Crippen molar-refractivity contribution in [2.45, 2.75) is 0 Å². The van der Waals surface area contributed by atoms with Gasteiger partial charge in [-0.3, -0.25) is 9.59 Å². The van der Waals surface area contributed by atoms with Gasteiger partial charge in [0.05, 0.1) is 0 Å². The lowest BCUT2D eigenvalue weighted by molar-refractivity contribution is -0.119. The summed E-state index contributed by atoms with van der Waals surface area (Å²) in [6.07, 6.45) is 0.796. The molecule has 7 heteroatoms. The fraction of sp³-hybridized carbons (Fsp3) is 0.400. The van der Waals surface area contributed by atoms with Crippen molar-refractivity contribution in [3.63, 3.8) is 0 Å². The second kappa shape index (κ2) is 5.09. The zero-order chi connectivity index (χ0) is 12.3. The zero-order valence-electron chi connectivity index (χ0n) is 9.04. The largest absolute Gasteiger partial charge is 0.342 e. The first-order chi connectivity index (χ1) is 8.20. The fourth-order valence-corrected chi connectivity index (χ4v) is 1.72. The maximum Gasteiger partial charge on any atom is 0.274 e. The van der Waals surface area contributed by atoms with Gasteiger partial charge in [-0.25, -0.2) is 0 Å². The highest BCUT2D eigenvalue weighted by atomic mass is 35.5. The Balaban J connectivity index is 2.01. The molecule has 1 aromatic rings. The van der Waals surface area contributed by atoms with Crippen LogP contribution in [0.1, 0.15) is 10.5 Å². The lowest BCUT2D eigenvalue weighted by atomic mass is 10.3. The number of hydrogen-bond acceptors (Lipinski definition) is 4. The Morgan fingerprint density at radius 3 is 2.47 bits per heavy atom. The first-order valence-electron chi connectivity index (χ1n) is 5.18. The van der Waals surface area contributed by atoms with Crippen molar-refractivity contribution < 1.29 is 9.59 Å². The van der Waals surface area contributed by atoms with Crippen LogP contribution in [0, 0.1) is 0 Å². The summed E-state index contributed by atoms with van der Waals surface area (Å²) in [6.45, 7) is 2.14. The van der Waals surface area contributed by atoms with Crippen molar-refractivity contribution in [2.24, 2.45) is 0 Å². The molecule has 0 radical (unpaired) electrons. The van der Waals surface area contributed by atoms with Crippen LogP contribution in [0.2, 0.25) is 5.15 Å². The second-order valence-corrected chi connectivity index (χ2v) is 4.06. The number of piperazine rings is 1. The lowest BCUT2D eigenvalue weighted by Gasteiger charge is -2.32.